The van der Waals surface area contributed by atoms with Crippen LogP contribution in [-0.2, 0) is 0 Å². The van der Waals surface area contributed by atoms with E-state index < -0.39 is 0 Å². The summed E-state index contributed by atoms with van der Waals surface area (Å²) in [6, 6.07) is 9.16. The lowest BCUT2D eigenvalue weighted by molar-refractivity contribution is 1.26. The largest absolute Gasteiger partial charge is 0.376 e. The maximum atomic E-state index is 8.65. The van der Waals surface area contributed by atoms with Crippen molar-refractivity contribution < 1.29 is 0 Å². The molecule has 0 amide bonds. The molecule has 4 heteroatoms. The molecule has 0 fully saturated rings. The van der Waals surface area contributed by atoms with Gasteiger partial charge in [0.1, 0.15) is 0 Å². The van der Waals surface area contributed by atoms with Gasteiger partial charge in [-0.3, -0.25) is 0 Å². The van der Waals surface area contributed by atoms with E-state index in [1.54, 1.807) is 30.1 Å². The second-order valence-corrected chi connectivity index (χ2v) is 2.98. The Morgan fingerprint density at radius 3 is 2.85 bits per heavy atom. The molecule has 66 valence electrons. The number of hydrogen-bond acceptors (Lipinski definition) is 2. The number of anilines is 1. The van der Waals surface area contributed by atoms with Gasteiger partial charge in [-0.15, -0.1) is 0 Å². The third-order valence-electron chi connectivity index (χ3n) is 1.69. The predicted octanol–water partition coefficient (Wildman–Crippen LogP) is 1.24. The van der Waals surface area contributed by atoms with Crippen LogP contribution in [0.3, 0.4) is 0 Å². The molecule has 0 radical (unpaired) electrons. The molecule has 0 aliphatic rings. The van der Waals surface area contributed by atoms with Gasteiger partial charge in [-0.2, -0.15) is 5.26 Å². The van der Waals surface area contributed by atoms with Gasteiger partial charge in [0.25, 0.3) is 0 Å². The van der Waals surface area contributed by atoms with E-state index in [1.807, 2.05) is 6.07 Å². The summed E-state index contributed by atoms with van der Waals surface area (Å²) in [5, 5.41) is 8.94. The first-order valence-corrected chi connectivity index (χ1v) is 4.09. The molecule has 1 aromatic rings. The SMILES string of the molecule is CN(C(N)=S)c1cccc(C#N)c1. The molecular weight excluding hydrogens is 182 g/mol. The normalized spacial score (nSPS) is 8.92. The van der Waals surface area contributed by atoms with Crippen molar-refractivity contribution in [3.63, 3.8) is 0 Å². The number of hydrogen-bond donors (Lipinski definition) is 1. The van der Waals surface area contributed by atoms with Crippen molar-refractivity contribution in [2.45, 2.75) is 0 Å². The van der Waals surface area contributed by atoms with E-state index in [0.29, 0.717) is 5.56 Å². The lowest BCUT2D eigenvalue weighted by Gasteiger charge is -2.16. The van der Waals surface area contributed by atoms with Crippen LogP contribution < -0.4 is 10.6 Å². The zero-order valence-electron chi connectivity index (χ0n) is 7.19. The van der Waals surface area contributed by atoms with Crippen molar-refractivity contribution in [3.05, 3.63) is 29.8 Å². The molecule has 0 aliphatic carbocycles. The molecule has 1 aromatic carbocycles. The molecule has 1 rings (SSSR count). The van der Waals surface area contributed by atoms with E-state index in [0.717, 1.165) is 5.69 Å². The quantitative estimate of drug-likeness (QED) is 0.678. The van der Waals surface area contributed by atoms with Crippen LogP contribution in [0.5, 0.6) is 0 Å². The fraction of sp³-hybridized carbons (Fsp3) is 0.111. The first kappa shape index (κ1) is 9.49. The van der Waals surface area contributed by atoms with Gasteiger partial charge in [-0.25, -0.2) is 0 Å². The van der Waals surface area contributed by atoms with Crippen LogP contribution in [0.2, 0.25) is 0 Å². The van der Waals surface area contributed by atoms with Gasteiger partial charge in [0.15, 0.2) is 5.11 Å². The maximum absolute atomic E-state index is 8.65. The average Bonchev–Trinajstić information content (AvgIpc) is 2.16. The van der Waals surface area contributed by atoms with Crippen LogP contribution in [0.15, 0.2) is 24.3 Å². The monoisotopic (exact) mass is 191 g/mol. The Labute approximate surface area is 82.4 Å². The molecule has 0 bridgehead atoms. The molecule has 0 unspecified atom stereocenters. The van der Waals surface area contributed by atoms with Crippen LogP contribution in [0.1, 0.15) is 5.56 Å². The van der Waals surface area contributed by atoms with E-state index in [2.05, 4.69) is 6.07 Å². The summed E-state index contributed by atoms with van der Waals surface area (Å²) in [5.41, 5.74) is 6.86. The summed E-state index contributed by atoms with van der Waals surface area (Å²) in [6.45, 7) is 0. The Hall–Kier alpha value is -1.60. The molecule has 2 N–H and O–H groups in total. The van der Waals surface area contributed by atoms with E-state index in [4.69, 9.17) is 23.2 Å². The fourth-order valence-corrected chi connectivity index (χ4v) is 1.02. The second kappa shape index (κ2) is 3.87. The first-order chi connectivity index (χ1) is 6.15. The fourth-order valence-electron chi connectivity index (χ4n) is 0.911. The lowest BCUT2D eigenvalue weighted by Crippen LogP contribution is -2.31. The van der Waals surface area contributed by atoms with Gasteiger partial charge in [-0.1, -0.05) is 6.07 Å². The van der Waals surface area contributed by atoms with Crippen LogP contribution >= 0.6 is 12.2 Å². The molecule has 0 spiro atoms. The molecule has 0 heterocycles. The van der Waals surface area contributed by atoms with Gasteiger partial charge in [0.2, 0.25) is 0 Å². The Morgan fingerprint density at radius 2 is 2.31 bits per heavy atom. The summed E-state index contributed by atoms with van der Waals surface area (Å²) >= 11 is 4.80. The number of nitrogens with two attached hydrogens (primary N) is 1. The summed E-state index contributed by atoms with van der Waals surface area (Å²) in [5.74, 6) is 0. The highest BCUT2D eigenvalue weighted by molar-refractivity contribution is 7.80. The van der Waals surface area contributed by atoms with Crippen LogP contribution in [-0.4, -0.2) is 12.2 Å². The first-order valence-electron chi connectivity index (χ1n) is 3.68. The van der Waals surface area contributed by atoms with Crippen molar-refractivity contribution in [3.8, 4) is 6.07 Å². The Kier molecular flexibility index (Phi) is 2.83. The van der Waals surface area contributed by atoms with Gasteiger partial charge >= 0.3 is 0 Å². The van der Waals surface area contributed by atoms with E-state index in [9.17, 15) is 0 Å². The van der Waals surface area contributed by atoms with Gasteiger partial charge in [0, 0.05) is 12.7 Å². The standard InChI is InChI=1S/C9H9N3S/c1-12(9(11)13)8-4-2-3-7(5-8)6-10/h2-5H,1H3,(H2,11,13). The van der Waals surface area contributed by atoms with Crippen molar-refractivity contribution in [2.75, 3.05) is 11.9 Å². The molecule has 0 aromatic heterocycles. The third-order valence-corrected chi connectivity index (χ3v) is 1.97. The highest BCUT2D eigenvalue weighted by Crippen LogP contribution is 2.13. The van der Waals surface area contributed by atoms with Gasteiger partial charge in [0.05, 0.1) is 11.6 Å². The van der Waals surface area contributed by atoms with Crippen molar-refractivity contribution in [1.82, 2.24) is 0 Å². The lowest BCUT2D eigenvalue weighted by atomic mass is 10.2. The Bertz CT molecular complexity index is 367. The highest BCUT2D eigenvalue weighted by atomic mass is 32.1. The molecule has 0 saturated carbocycles. The van der Waals surface area contributed by atoms with E-state index in [-0.39, 0.29) is 5.11 Å². The molecule has 0 atom stereocenters. The molecule has 0 saturated heterocycles. The summed E-state index contributed by atoms with van der Waals surface area (Å²) in [7, 11) is 1.76. The molecular formula is C9H9N3S. The Balaban J connectivity index is 3.03. The summed E-state index contributed by atoms with van der Waals surface area (Å²) in [4.78, 5) is 1.65. The number of nitriles is 1. The summed E-state index contributed by atoms with van der Waals surface area (Å²) in [6.07, 6.45) is 0. The summed E-state index contributed by atoms with van der Waals surface area (Å²) < 4.78 is 0. The van der Waals surface area contributed by atoms with Crippen molar-refractivity contribution >= 4 is 23.0 Å². The maximum Gasteiger partial charge on any atom is 0.170 e. The molecule has 3 nitrogen and oxygen atoms in total. The van der Waals surface area contributed by atoms with Crippen molar-refractivity contribution in [1.29, 1.82) is 5.26 Å². The minimum absolute atomic E-state index is 0.287. The number of thiocarbonyl (C=S) groups is 1. The van der Waals surface area contributed by atoms with Crippen molar-refractivity contribution in [2.24, 2.45) is 5.73 Å². The zero-order valence-corrected chi connectivity index (χ0v) is 8.01. The smallest absolute Gasteiger partial charge is 0.170 e. The van der Waals surface area contributed by atoms with Crippen LogP contribution in [0.25, 0.3) is 0 Å². The van der Waals surface area contributed by atoms with E-state index in [1.165, 1.54) is 0 Å². The predicted molar refractivity (Wildman–Crippen MR) is 56.3 cm³/mol. The van der Waals surface area contributed by atoms with Crippen LogP contribution in [0, 0.1) is 11.3 Å². The van der Waals surface area contributed by atoms with Gasteiger partial charge in [-0.05, 0) is 30.4 Å². The molecule has 13 heavy (non-hydrogen) atoms. The topological polar surface area (TPSA) is 53.0 Å². The van der Waals surface area contributed by atoms with Gasteiger partial charge < -0.3 is 10.6 Å². The number of benzene rings is 1. The Morgan fingerprint density at radius 1 is 1.62 bits per heavy atom. The minimum Gasteiger partial charge on any atom is -0.376 e. The second-order valence-electron chi connectivity index (χ2n) is 2.56. The average molecular weight is 191 g/mol. The highest BCUT2D eigenvalue weighted by Gasteiger charge is 2.02. The zero-order chi connectivity index (χ0) is 9.84. The minimum atomic E-state index is 0.287. The third kappa shape index (κ3) is 2.17. The number of nitrogens with zero attached hydrogens (tertiary/aromatic N) is 2. The van der Waals surface area contributed by atoms with Crippen LogP contribution in [0.4, 0.5) is 5.69 Å². The molecule has 0 aliphatic heterocycles. The number of rotatable bonds is 1. The van der Waals surface area contributed by atoms with E-state index >= 15 is 0 Å².